The third-order valence-electron chi connectivity index (χ3n) is 5.66. The first kappa shape index (κ1) is 16.8. The smallest absolute Gasteiger partial charge is 0.261 e. The molecule has 132 valence electrons. The standard InChI is InChI=1S/C19H22BrN3O2/c20-14-7-8-16-15(10-14)19(25)22(12-21-16)11-18(24)23-9-3-5-13-4-1-2-6-17(13)23/h7-8,10,12-13,17H,1-6,9,11H2/t13-,17+/m1/s1. The van der Waals surface area contributed by atoms with Gasteiger partial charge in [-0.05, 0) is 49.8 Å². The van der Waals surface area contributed by atoms with Crippen molar-refractivity contribution in [3.63, 3.8) is 0 Å². The molecule has 4 rings (SSSR count). The number of nitrogens with zero attached hydrogens (tertiary/aromatic N) is 3. The number of fused-ring (bicyclic) bond motifs is 2. The van der Waals surface area contributed by atoms with Crippen LogP contribution >= 0.6 is 15.9 Å². The van der Waals surface area contributed by atoms with Crippen LogP contribution in [0.1, 0.15) is 38.5 Å². The fourth-order valence-electron chi connectivity index (χ4n) is 4.41. The number of carbonyl (C=O) groups excluding carboxylic acids is 1. The number of rotatable bonds is 2. The lowest BCUT2D eigenvalue weighted by atomic mass is 9.78. The fourth-order valence-corrected chi connectivity index (χ4v) is 4.78. The zero-order valence-electron chi connectivity index (χ0n) is 14.2. The molecule has 1 saturated heterocycles. The maximum atomic E-state index is 12.9. The minimum Gasteiger partial charge on any atom is -0.338 e. The van der Waals surface area contributed by atoms with Crippen LogP contribution in [0.2, 0.25) is 0 Å². The summed E-state index contributed by atoms with van der Waals surface area (Å²) >= 11 is 3.39. The highest BCUT2D eigenvalue weighted by molar-refractivity contribution is 9.10. The van der Waals surface area contributed by atoms with Crippen LogP contribution in [0.5, 0.6) is 0 Å². The largest absolute Gasteiger partial charge is 0.338 e. The molecule has 2 atom stereocenters. The summed E-state index contributed by atoms with van der Waals surface area (Å²) in [5.74, 6) is 0.698. The molecule has 1 saturated carbocycles. The quantitative estimate of drug-likeness (QED) is 0.772. The predicted octanol–water partition coefficient (Wildman–Crippen LogP) is 3.34. The molecule has 1 aliphatic heterocycles. The van der Waals surface area contributed by atoms with Crippen LogP contribution in [0.25, 0.3) is 10.9 Å². The van der Waals surface area contributed by atoms with Gasteiger partial charge in [0.05, 0.1) is 17.2 Å². The number of likely N-dealkylation sites (tertiary alicyclic amines) is 1. The molecule has 25 heavy (non-hydrogen) atoms. The van der Waals surface area contributed by atoms with Crippen molar-refractivity contribution in [3.05, 3.63) is 39.4 Å². The third-order valence-corrected chi connectivity index (χ3v) is 6.15. The summed E-state index contributed by atoms with van der Waals surface area (Å²) in [6, 6.07) is 5.81. The number of aromatic nitrogens is 2. The van der Waals surface area contributed by atoms with Gasteiger partial charge >= 0.3 is 0 Å². The van der Waals surface area contributed by atoms with Crippen molar-refractivity contribution < 1.29 is 4.79 Å². The van der Waals surface area contributed by atoms with Crippen LogP contribution in [0.4, 0.5) is 0 Å². The number of hydrogen-bond acceptors (Lipinski definition) is 3. The molecule has 2 heterocycles. The summed E-state index contributed by atoms with van der Waals surface area (Å²) in [5.41, 5.74) is 0.499. The molecule has 1 amide bonds. The van der Waals surface area contributed by atoms with E-state index in [1.165, 1.54) is 36.6 Å². The van der Waals surface area contributed by atoms with Gasteiger partial charge in [-0.2, -0.15) is 0 Å². The zero-order valence-corrected chi connectivity index (χ0v) is 15.7. The minimum atomic E-state index is -0.156. The Morgan fingerprint density at radius 1 is 1.20 bits per heavy atom. The second-order valence-electron chi connectivity index (χ2n) is 7.18. The number of piperidine rings is 1. The Labute approximate surface area is 155 Å². The Kier molecular flexibility index (Phi) is 4.63. The molecule has 0 radical (unpaired) electrons. The monoisotopic (exact) mass is 403 g/mol. The van der Waals surface area contributed by atoms with E-state index in [0.29, 0.717) is 22.9 Å². The number of halogens is 1. The fraction of sp³-hybridized carbons (Fsp3) is 0.526. The average molecular weight is 404 g/mol. The van der Waals surface area contributed by atoms with Gasteiger partial charge in [0.15, 0.2) is 0 Å². The van der Waals surface area contributed by atoms with Gasteiger partial charge in [-0.1, -0.05) is 28.8 Å². The van der Waals surface area contributed by atoms with Crippen LogP contribution in [0.15, 0.2) is 33.8 Å². The van der Waals surface area contributed by atoms with Gasteiger partial charge in [0, 0.05) is 17.1 Å². The summed E-state index contributed by atoms with van der Waals surface area (Å²) in [6.07, 6.45) is 8.64. The van der Waals surface area contributed by atoms with E-state index in [2.05, 4.69) is 20.9 Å². The van der Waals surface area contributed by atoms with Gasteiger partial charge in [-0.15, -0.1) is 0 Å². The molecule has 1 aliphatic carbocycles. The molecule has 6 heteroatoms. The van der Waals surface area contributed by atoms with Crippen molar-refractivity contribution in [2.24, 2.45) is 5.92 Å². The topological polar surface area (TPSA) is 55.2 Å². The molecule has 0 bridgehead atoms. The Morgan fingerprint density at radius 3 is 2.88 bits per heavy atom. The maximum absolute atomic E-state index is 12.9. The van der Waals surface area contributed by atoms with Gasteiger partial charge in [0.25, 0.3) is 5.56 Å². The van der Waals surface area contributed by atoms with E-state index in [4.69, 9.17) is 0 Å². The SMILES string of the molecule is O=C(Cn1cnc2ccc(Br)cc2c1=O)N1CCC[C@H]2CCCC[C@@H]21. The summed E-state index contributed by atoms with van der Waals surface area (Å²) in [6.45, 7) is 0.902. The molecule has 2 aromatic rings. The number of amides is 1. The van der Waals surface area contributed by atoms with Crippen LogP contribution in [-0.4, -0.2) is 32.9 Å². The average Bonchev–Trinajstić information content (AvgIpc) is 2.64. The predicted molar refractivity (Wildman–Crippen MR) is 100 cm³/mol. The summed E-state index contributed by atoms with van der Waals surface area (Å²) < 4.78 is 2.29. The van der Waals surface area contributed by atoms with E-state index in [1.54, 1.807) is 6.07 Å². The third kappa shape index (κ3) is 3.24. The van der Waals surface area contributed by atoms with Crippen molar-refractivity contribution in [2.75, 3.05) is 6.54 Å². The molecular weight excluding hydrogens is 382 g/mol. The van der Waals surface area contributed by atoms with Gasteiger partial charge in [-0.25, -0.2) is 4.98 Å². The van der Waals surface area contributed by atoms with Crippen molar-refractivity contribution in [1.29, 1.82) is 0 Å². The van der Waals surface area contributed by atoms with Crippen LogP contribution in [0.3, 0.4) is 0 Å². The highest BCUT2D eigenvalue weighted by Crippen LogP contribution is 2.35. The highest BCUT2D eigenvalue weighted by Gasteiger charge is 2.35. The zero-order chi connectivity index (χ0) is 17.4. The first-order valence-corrected chi connectivity index (χ1v) is 9.87. The molecule has 1 aromatic heterocycles. The second-order valence-corrected chi connectivity index (χ2v) is 8.10. The minimum absolute atomic E-state index is 0.0508. The number of hydrogen-bond donors (Lipinski definition) is 0. The van der Waals surface area contributed by atoms with E-state index < -0.39 is 0 Å². The van der Waals surface area contributed by atoms with Crippen LogP contribution in [0, 0.1) is 5.92 Å². The lowest BCUT2D eigenvalue weighted by Gasteiger charge is -2.44. The molecule has 2 fully saturated rings. The molecule has 5 nitrogen and oxygen atoms in total. The Balaban J connectivity index is 1.59. The van der Waals surface area contributed by atoms with Crippen LogP contribution in [-0.2, 0) is 11.3 Å². The summed E-state index contributed by atoms with van der Waals surface area (Å²) in [4.78, 5) is 32.0. The van der Waals surface area contributed by atoms with E-state index in [9.17, 15) is 9.59 Å². The summed E-state index contributed by atoms with van der Waals surface area (Å²) in [7, 11) is 0. The molecule has 0 N–H and O–H groups in total. The molecule has 0 spiro atoms. The lowest BCUT2D eigenvalue weighted by molar-refractivity contribution is -0.138. The van der Waals surface area contributed by atoms with Crippen molar-refractivity contribution >= 4 is 32.7 Å². The van der Waals surface area contributed by atoms with Gasteiger partial charge in [-0.3, -0.25) is 14.2 Å². The van der Waals surface area contributed by atoms with Gasteiger partial charge in [0.2, 0.25) is 5.91 Å². The van der Waals surface area contributed by atoms with E-state index in [-0.39, 0.29) is 18.0 Å². The molecule has 0 unspecified atom stereocenters. The second kappa shape index (κ2) is 6.90. The van der Waals surface area contributed by atoms with Crippen molar-refractivity contribution in [1.82, 2.24) is 14.5 Å². The van der Waals surface area contributed by atoms with E-state index in [0.717, 1.165) is 23.9 Å². The summed E-state index contributed by atoms with van der Waals surface area (Å²) in [5, 5.41) is 0.541. The Hall–Kier alpha value is -1.69. The lowest BCUT2D eigenvalue weighted by Crippen LogP contribution is -2.51. The number of carbonyl (C=O) groups is 1. The molecule has 2 aliphatic rings. The van der Waals surface area contributed by atoms with E-state index in [1.807, 2.05) is 17.0 Å². The van der Waals surface area contributed by atoms with E-state index >= 15 is 0 Å². The Morgan fingerprint density at radius 2 is 2.00 bits per heavy atom. The molecule has 1 aromatic carbocycles. The first-order valence-electron chi connectivity index (χ1n) is 9.07. The van der Waals surface area contributed by atoms with Gasteiger partial charge in [0.1, 0.15) is 6.54 Å². The van der Waals surface area contributed by atoms with Gasteiger partial charge < -0.3 is 4.90 Å². The van der Waals surface area contributed by atoms with Crippen LogP contribution < -0.4 is 5.56 Å². The van der Waals surface area contributed by atoms with Crippen molar-refractivity contribution in [2.45, 2.75) is 51.1 Å². The maximum Gasteiger partial charge on any atom is 0.261 e. The first-order chi connectivity index (χ1) is 12.1. The normalized spacial score (nSPS) is 23.5. The number of benzene rings is 1. The Bertz CT molecular complexity index is 861. The van der Waals surface area contributed by atoms with Crippen molar-refractivity contribution in [3.8, 4) is 0 Å². The molecular formula is C19H22BrN3O2. The highest BCUT2D eigenvalue weighted by atomic mass is 79.9.